The van der Waals surface area contributed by atoms with Gasteiger partial charge in [-0.15, -0.1) is 5.10 Å². The lowest BCUT2D eigenvalue weighted by atomic mass is 10.4. The molecule has 8 heteroatoms. The lowest BCUT2D eigenvalue weighted by Gasteiger charge is -2.26. The second-order valence-corrected chi connectivity index (χ2v) is 6.47. The summed E-state index contributed by atoms with van der Waals surface area (Å²) < 4.78 is 24.2. The minimum atomic E-state index is -2.79. The van der Waals surface area contributed by atoms with Gasteiger partial charge in [-0.05, 0) is 0 Å². The summed E-state index contributed by atoms with van der Waals surface area (Å²) in [7, 11) is -2.79. The molecule has 2 heterocycles. The van der Waals surface area contributed by atoms with Gasteiger partial charge in [0, 0.05) is 32.4 Å². The summed E-state index contributed by atoms with van der Waals surface area (Å²) in [6, 6.07) is 0. The first-order valence-electron chi connectivity index (χ1n) is 5.61. The van der Waals surface area contributed by atoms with Crippen molar-refractivity contribution >= 4 is 9.84 Å². The maximum Gasteiger partial charge on any atom is 0.152 e. The molecule has 2 rings (SSSR count). The van der Waals surface area contributed by atoms with Crippen LogP contribution >= 0.6 is 0 Å². The third-order valence-corrected chi connectivity index (χ3v) is 4.49. The van der Waals surface area contributed by atoms with Crippen molar-refractivity contribution in [3.63, 3.8) is 0 Å². The van der Waals surface area contributed by atoms with E-state index in [0.29, 0.717) is 26.2 Å². The number of hydrogen-bond donors (Lipinski definition) is 1. The summed E-state index contributed by atoms with van der Waals surface area (Å²) in [5, 5.41) is 7.84. The van der Waals surface area contributed by atoms with Gasteiger partial charge in [0.2, 0.25) is 0 Å². The van der Waals surface area contributed by atoms with Gasteiger partial charge in [-0.3, -0.25) is 9.58 Å². The molecule has 96 valence electrons. The molecule has 1 aromatic rings. The molecule has 7 nitrogen and oxygen atoms in total. The molecule has 1 aromatic heterocycles. The molecule has 1 aliphatic heterocycles. The van der Waals surface area contributed by atoms with E-state index in [1.165, 1.54) is 0 Å². The SMILES string of the molecule is NCc1cn(CCN2CCS(=O)(=O)CC2)nn1. The number of rotatable bonds is 4. The summed E-state index contributed by atoms with van der Waals surface area (Å²) in [6.07, 6.45) is 1.82. The first-order chi connectivity index (χ1) is 8.09. The van der Waals surface area contributed by atoms with E-state index in [9.17, 15) is 8.42 Å². The fourth-order valence-corrected chi connectivity index (χ4v) is 3.04. The predicted octanol–water partition coefficient (Wildman–Crippen LogP) is -1.53. The van der Waals surface area contributed by atoms with Crippen molar-refractivity contribution in [3.8, 4) is 0 Å². The average Bonchev–Trinajstić information content (AvgIpc) is 2.75. The standard InChI is InChI=1S/C9H17N5O2S/c10-7-9-8-14(12-11-9)2-1-13-3-5-17(15,16)6-4-13/h8H,1-7,10H2. The summed E-state index contributed by atoms with van der Waals surface area (Å²) in [5.41, 5.74) is 6.21. The van der Waals surface area contributed by atoms with E-state index in [1.807, 2.05) is 6.20 Å². The maximum absolute atomic E-state index is 11.2. The van der Waals surface area contributed by atoms with Crippen LogP contribution in [-0.2, 0) is 22.9 Å². The first kappa shape index (κ1) is 12.5. The van der Waals surface area contributed by atoms with Crippen LogP contribution in [0.1, 0.15) is 5.69 Å². The molecule has 2 N–H and O–H groups in total. The lowest BCUT2D eigenvalue weighted by molar-refractivity contribution is 0.277. The highest BCUT2D eigenvalue weighted by atomic mass is 32.2. The van der Waals surface area contributed by atoms with Crippen LogP contribution in [0.3, 0.4) is 0 Å². The molecule has 1 fully saturated rings. The van der Waals surface area contributed by atoms with Gasteiger partial charge in [-0.2, -0.15) is 0 Å². The Balaban J connectivity index is 1.79. The van der Waals surface area contributed by atoms with Crippen molar-refractivity contribution < 1.29 is 8.42 Å². The van der Waals surface area contributed by atoms with Crippen molar-refractivity contribution in [1.82, 2.24) is 19.9 Å². The molecule has 17 heavy (non-hydrogen) atoms. The van der Waals surface area contributed by atoms with Gasteiger partial charge in [0.1, 0.15) is 0 Å². The molecule has 0 aromatic carbocycles. The number of hydrogen-bond acceptors (Lipinski definition) is 6. The zero-order valence-electron chi connectivity index (χ0n) is 9.62. The van der Waals surface area contributed by atoms with Crippen molar-refractivity contribution in [1.29, 1.82) is 0 Å². The number of nitrogens with zero attached hydrogens (tertiary/aromatic N) is 4. The van der Waals surface area contributed by atoms with Gasteiger partial charge in [-0.1, -0.05) is 5.21 Å². The average molecular weight is 259 g/mol. The Morgan fingerprint density at radius 3 is 2.59 bits per heavy atom. The molecule has 0 radical (unpaired) electrons. The first-order valence-corrected chi connectivity index (χ1v) is 7.43. The molecule has 0 unspecified atom stereocenters. The minimum Gasteiger partial charge on any atom is -0.325 e. The van der Waals surface area contributed by atoms with Crippen LogP contribution in [0.15, 0.2) is 6.20 Å². The van der Waals surface area contributed by atoms with Gasteiger partial charge in [-0.25, -0.2) is 8.42 Å². The summed E-state index contributed by atoms with van der Waals surface area (Å²) in [5.74, 6) is 0.525. The Hall–Kier alpha value is -0.990. The van der Waals surface area contributed by atoms with E-state index in [-0.39, 0.29) is 11.5 Å². The zero-order valence-corrected chi connectivity index (χ0v) is 10.4. The number of sulfone groups is 1. The molecule has 1 saturated heterocycles. The highest BCUT2D eigenvalue weighted by Gasteiger charge is 2.21. The van der Waals surface area contributed by atoms with Crippen LogP contribution in [0, 0.1) is 0 Å². The predicted molar refractivity (Wildman–Crippen MR) is 63.0 cm³/mol. The third-order valence-electron chi connectivity index (χ3n) is 2.88. The van der Waals surface area contributed by atoms with E-state index >= 15 is 0 Å². The number of aromatic nitrogens is 3. The Kier molecular flexibility index (Phi) is 3.75. The molecule has 0 spiro atoms. The Labute approximate surface area is 101 Å². The van der Waals surface area contributed by atoms with Gasteiger partial charge >= 0.3 is 0 Å². The quantitative estimate of drug-likeness (QED) is 0.705. The molecule has 0 amide bonds. The molecule has 0 atom stereocenters. The Bertz CT molecular complexity index is 455. The van der Waals surface area contributed by atoms with Gasteiger partial charge in [0.25, 0.3) is 0 Å². The van der Waals surface area contributed by atoms with Gasteiger partial charge in [0.15, 0.2) is 9.84 Å². The minimum absolute atomic E-state index is 0.262. The van der Waals surface area contributed by atoms with Crippen molar-refractivity contribution in [2.75, 3.05) is 31.1 Å². The van der Waals surface area contributed by atoms with Crippen molar-refractivity contribution in [2.24, 2.45) is 5.73 Å². The molecule has 0 saturated carbocycles. The van der Waals surface area contributed by atoms with Crippen LogP contribution in [0.25, 0.3) is 0 Å². The smallest absolute Gasteiger partial charge is 0.152 e. The second kappa shape index (κ2) is 5.11. The highest BCUT2D eigenvalue weighted by molar-refractivity contribution is 7.91. The zero-order chi connectivity index (χ0) is 12.3. The van der Waals surface area contributed by atoms with Crippen molar-refractivity contribution in [3.05, 3.63) is 11.9 Å². The fraction of sp³-hybridized carbons (Fsp3) is 0.778. The summed E-state index contributed by atoms with van der Waals surface area (Å²) in [6.45, 7) is 3.12. The summed E-state index contributed by atoms with van der Waals surface area (Å²) >= 11 is 0. The molecule has 1 aliphatic rings. The van der Waals surface area contributed by atoms with E-state index in [4.69, 9.17) is 5.73 Å². The monoisotopic (exact) mass is 259 g/mol. The lowest BCUT2D eigenvalue weighted by Crippen LogP contribution is -2.41. The largest absolute Gasteiger partial charge is 0.325 e. The maximum atomic E-state index is 11.2. The van der Waals surface area contributed by atoms with Crippen LogP contribution in [0.2, 0.25) is 0 Å². The molecular weight excluding hydrogens is 242 g/mol. The fourth-order valence-electron chi connectivity index (χ4n) is 1.76. The summed E-state index contributed by atoms with van der Waals surface area (Å²) in [4.78, 5) is 2.13. The van der Waals surface area contributed by atoms with Crippen LogP contribution < -0.4 is 5.73 Å². The van der Waals surface area contributed by atoms with Gasteiger partial charge in [0.05, 0.1) is 23.7 Å². The third kappa shape index (κ3) is 3.48. The number of nitrogens with two attached hydrogens (primary N) is 1. The Morgan fingerprint density at radius 2 is 2.00 bits per heavy atom. The Morgan fingerprint density at radius 1 is 1.29 bits per heavy atom. The van der Waals surface area contributed by atoms with Gasteiger partial charge < -0.3 is 5.73 Å². The van der Waals surface area contributed by atoms with E-state index in [1.54, 1.807) is 4.68 Å². The van der Waals surface area contributed by atoms with Crippen LogP contribution in [-0.4, -0.2) is 59.5 Å². The van der Waals surface area contributed by atoms with E-state index in [0.717, 1.165) is 12.2 Å². The molecular formula is C9H17N5O2S. The van der Waals surface area contributed by atoms with E-state index in [2.05, 4.69) is 15.2 Å². The topological polar surface area (TPSA) is 94.1 Å². The molecule has 0 bridgehead atoms. The normalized spacial score (nSPS) is 20.5. The highest BCUT2D eigenvalue weighted by Crippen LogP contribution is 2.03. The second-order valence-electron chi connectivity index (χ2n) is 4.17. The molecule has 0 aliphatic carbocycles. The van der Waals surface area contributed by atoms with Crippen LogP contribution in [0.4, 0.5) is 0 Å². The van der Waals surface area contributed by atoms with Crippen LogP contribution in [0.5, 0.6) is 0 Å². The van der Waals surface area contributed by atoms with E-state index < -0.39 is 9.84 Å². The van der Waals surface area contributed by atoms with Crippen molar-refractivity contribution in [2.45, 2.75) is 13.1 Å².